The summed E-state index contributed by atoms with van der Waals surface area (Å²) in [6.07, 6.45) is 10.4. The van der Waals surface area contributed by atoms with Crippen LogP contribution >= 0.6 is 0 Å². The fourth-order valence-corrected chi connectivity index (χ4v) is 6.13. The number of aliphatic hydroxyl groups is 1. The molecular weight excluding hydrogens is 586 g/mol. The highest BCUT2D eigenvalue weighted by molar-refractivity contribution is 5.99. The number of aliphatic hydroxyl groups excluding tert-OH is 1. The Balaban J connectivity index is 1.58. The first kappa shape index (κ1) is 35.2. The Morgan fingerprint density at radius 2 is 1.78 bits per heavy atom. The molecule has 2 aromatic rings. The van der Waals surface area contributed by atoms with E-state index in [-0.39, 0.29) is 55.2 Å². The number of hydrogen-bond donors (Lipinski definition) is 3. The highest BCUT2D eigenvalue weighted by atomic mass is 16.5. The summed E-state index contributed by atoms with van der Waals surface area (Å²) < 4.78 is 12.7. The number of rotatable bonds is 7. The lowest BCUT2D eigenvalue weighted by molar-refractivity contribution is -0.0149. The number of anilines is 1. The van der Waals surface area contributed by atoms with E-state index in [1.807, 2.05) is 13.8 Å². The smallest absolute Gasteiger partial charge is 0.319 e. The molecule has 2 aliphatic rings. The third-order valence-electron chi connectivity index (χ3n) is 8.98. The van der Waals surface area contributed by atoms with E-state index in [2.05, 4.69) is 15.6 Å². The van der Waals surface area contributed by atoms with E-state index in [0.717, 1.165) is 44.9 Å². The zero-order valence-electron chi connectivity index (χ0n) is 27.7. The molecule has 11 heteroatoms. The number of urea groups is 1. The minimum atomic E-state index is -0.504. The Hall–Kier alpha value is -3.70. The molecule has 11 nitrogen and oxygen atoms in total. The number of nitrogens with one attached hydrogen (secondary N) is 2. The lowest BCUT2D eigenvalue weighted by Gasteiger charge is -2.36. The van der Waals surface area contributed by atoms with Crippen molar-refractivity contribution in [2.75, 3.05) is 38.7 Å². The molecule has 46 heavy (non-hydrogen) atoms. The molecule has 252 valence electrons. The summed E-state index contributed by atoms with van der Waals surface area (Å²) in [7, 11) is 1.75. The number of nitrogens with zero attached hydrogens (tertiary/aromatic N) is 3. The zero-order chi connectivity index (χ0) is 33.1. The first-order valence-electron chi connectivity index (χ1n) is 16.7. The fourth-order valence-electron chi connectivity index (χ4n) is 6.13. The number of carbonyl (C=O) groups is 3. The van der Waals surface area contributed by atoms with Gasteiger partial charge in [-0.25, -0.2) is 4.79 Å². The van der Waals surface area contributed by atoms with E-state index in [1.54, 1.807) is 66.5 Å². The van der Waals surface area contributed by atoms with E-state index in [4.69, 9.17) is 9.47 Å². The third kappa shape index (κ3) is 9.90. The molecule has 1 saturated carbocycles. The van der Waals surface area contributed by atoms with Gasteiger partial charge in [0.05, 0.1) is 30.4 Å². The Bertz CT molecular complexity index is 1290. The van der Waals surface area contributed by atoms with Gasteiger partial charge in [0.1, 0.15) is 5.75 Å². The lowest BCUT2D eigenvalue weighted by Crippen LogP contribution is -2.48. The van der Waals surface area contributed by atoms with Gasteiger partial charge in [-0.15, -0.1) is 0 Å². The maximum Gasteiger partial charge on any atom is 0.319 e. The van der Waals surface area contributed by atoms with Gasteiger partial charge in [-0.2, -0.15) is 0 Å². The average Bonchev–Trinajstić information content (AvgIpc) is 3.06. The monoisotopic (exact) mass is 637 g/mol. The SMILES string of the molecule is C[C@@H]1CN([C@H](C)CO)C(=O)c2cc(NC(=O)NC3CCCCC3)ccc2O[C@@H](C)CCCCO[C@@H]1CN(C)C(=O)c1ccncc1. The van der Waals surface area contributed by atoms with E-state index in [1.165, 1.54) is 6.42 Å². The fraction of sp³-hybridized carbons (Fsp3) is 0.600. The molecule has 0 bridgehead atoms. The molecule has 0 saturated heterocycles. The van der Waals surface area contributed by atoms with Crippen LogP contribution in [0.1, 0.15) is 92.9 Å². The number of pyridine rings is 1. The number of benzene rings is 1. The second kappa shape index (κ2) is 17.3. The van der Waals surface area contributed by atoms with Crippen molar-refractivity contribution in [1.82, 2.24) is 20.1 Å². The predicted octanol–water partition coefficient (Wildman–Crippen LogP) is 5.10. The van der Waals surface area contributed by atoms with Crippen LogP contribution in [0.3, 0.4) is 0 Å². The summed E-state index contributed by atoms with van der Waals surface area (Å²) in [6.45, 7) is 6.65. The zero-order valence-corrected chi connectivity index (χ0v) is 27.7. The summed E-state index contributed by atoms with van der Waals surface area (Å²) in [5, 5.41) is 16.2. The molecular formula is C35H51N5O6. The molecule has 4 rings (SSSR count). The topological polar surface area (TPSA) is 133 Å². The molecule has 0 unspecified atom stereocenters. The van der Waals surface area contributed by atoms with Crippen molar-refractivity contribution in [1.29, 1.82) is 0 Å². The van der Waals surface area contributed by atoms with Gasteiger partial charge in [-0.05, 0) is 76.3 Å². The highest BCUT2D eigenvalue weighted by Gasteiger charge is 2.31. The normalized spacial score (nSPS) is 22.5. The van der Waals surface area contributed by atoms with Crippen molar-refractivity contribution in [3.8, 4) is 5.75 Å². The van der Waals surface area contributed by atoms with E-state index >= 15 is 0 Å². The molecule has 4 atom stereocenters. The molecule has 1 fully saturated rings. The van der Waals surface area contributed by atoms with Crippen molar-refractivity contribution in [3.63, 3.8) is 0 Å². The minimum Gasteiger partial charge on any atom is -0.490 e. The van der Waals surface area contributed by atoms with E-state index in [9.17, 15) is 19.5 Å². The molecule has 1 aromatic carbocycles. The Morgan fingerprint density at radius 3 is 2.50 bits per heavy atom. The van der Waals surface area contributed by atoms with Crippen LogP contribution in [-0.4, -0.2) is 95.4 Å². The summed E-state index contributed by atoms with van der Waals surface area (Å²) in [6, 6.07) is 7.87. The molecule has 1 aliphatic carbocycles. The summed E-state index contributed by atoms with van der Waals surface area (Å²) >= 11 is 0. The van der Waals surface area contributed by atoms with Crippen LogP contribution in [0.15, 0.2) is 42.7 Å². The van der Waals surface area contributed by atoms with Gasteiger partial charge in [0, 0.05) is 62.3 Å². The van der Waals surface area contributed by atoms with Crippen LogP contribution < -0.4 is 15.4 Å². The standard InChI is InChI=1S/C35H51N5O6/c1-24-21-40(25(2)23-41)34(43)30-20-29(38-35(44)37-28-11-6-5-7-12-28)13-14-31(30)46-26(3)10-8-9-19-45-32(24)22-39(4)33(42)27-15-17-36-18-16-27/h13-18,20,24-26,28,32,41H,5-12,19,21-23H2,1-4H3,(H2,37,38,44)/t24-,25-,26+,32-/m1/s1. The van der Waals surface area contributed by atoms with Crippen molar-refractivity contribution in [2.45, 2.75) is 96.4 Å². The number of carbonyl (C=O) groups excluding carboxylic acids is 3. The largest absolute Gasteiger partial charge is 0.490 e. The van der Waals surface area contributed by atoms with Crippen LogP contribution in [0.2, 0.25) is 0 Å². The van der Waals surface area contributed by atoms with Crippen LogP contribution in [0.5, 0.6) is 5.75 Å². The van der Waals surface area contributed by atoms with Gasteiger partial charge >= 0.3 is 6.03 Å². The number of fused-ring (bicyclic) bond motifs is 1. The molecule has 1 aliphatic heterocycles. The van der Waals surface area contributed by atoms with Gasteiger partial charge in [-0.3, -0.25) is 14.6 Å². The van der Waals surface area contributed by atoms with Crippen molar-refractivity contribution in [3.05, 3.63) is 53.9 Å². The van der Waals surface area contributed by atoms with Crippen molar-refractivity contribution >= 4 is 23.5 Å². The van der Waals surface area contributed by atoms with Crippen LogP contribution in [0.25, 0.3) is 0 Å². The number of likely N-dealkylation sites (N-methyl/N-ethyl adjacent to an activating group) is 1. The quantitative estimate of drug-likeness (QED) is 0.385. The number of ether oxygens (including phenoxy) is 2. The Kier molecular flexibility index (Phi) is 13.2. The molecule has 3 N–H and O–H groups in total. The Labute approximate surface area is 273 Å². The van der Waals surface area contributed by atoms with E-state index < -0.39 is 6.04 Å². The van der Waals surface area contributed by atoms with Gasteiger partial charge in [-0.1, -0.05) is 26.2 Å². The maximum atomic E-state index is 14.3. The number of hydrogen-bond acceptors (Lipinski definition) is 7. The number of amides is 4. The van der Waals surface area contributed by atoms with Gasteiger partial charge in [0.2, 0.25) is 0 Å². The lowest BCUT2D eigenvalue weighted by atomic mass is 9.96. The molecule has 4 amide bonds. The van der Waals surface area contributed by atoms with Crippen LogP contribution in [0, 0.1) is 5.92 Å². The van der Waals surface area contributed by atoms with Gasteiger partial charge in [0.25, 0.3) is 11.8 Å². The molecule has 0 radical (unpaired) electrons. The summed E-state index contributed by atoms with van der Waals surface area (Å²) in [5.74, 6) is -0.198. The first-order valence-corrected chi connectivity index (χ1v) is 16.7. The summed E-state index contributed by atoms with van der Waals surface area (Å²) in [5.41, 5.74) is 1.34. The van der Waals surface area contributed by atoms with Gasteiger partial charge < -0.3 is 35.0 Å². The maximum absolute atomic E-state index is 14.3. The van der Waals surface area contributed by atoms with Crippen molar-refractivity contribution < 1.29 is 29.0 Å². The third-order valence-corrected chi connectivity index (χ3v) is 8.98. The Morgan fingerprint density at radius 1 is 1.07 bits per heavy atom. The van der Waals surface area contributed by atoms with Gasteiger partial charge in [0.15, 0.2) is 0 Å². The minimum absolute atomic E-state index is 0.137. The van der Waals surface area contributed by atoms with E-state index in [0.29, 0.717) is 35.7 Å². The number of aromatic nitrogens is 1. The van der Waals surface area contributed by atoms with Crippen molar-refractivity contribution in [2.24, 2.45) is 5.92 Å². The highest BCUT2D eigenvalue weighted by Crippen LogP contribution is 2.29. The average molecular weight is 638 g/mol. The second-order valence-electron chi connectivity index (χ2n) is 12.9. The summed E-state index contributed by atoms with van der Waals surface area (Å²) in [4.78, 5) is 47.6. The van der Waals surface area contributed by atoms with Crippen LogP contribution in [-0.2, 0) is 4.74 Å². The predicted molar refractivity (Wildman–Crippen MR) is 177 cm³/mol. The molecule has 0 spiro atoms. The first-order chi connectivity index (χ1) is 22.2. The second-order valence-corrected chi connectivity index (χ2v) is 12.9. The van der Waals surface area contributed by atoms with Crippen LogP contribution in [0.4, 0.5) is 10.5 Å². The molecule has 2 heterocycles. The molecule has 1 aromatic heterocycles.